The Morgan fingerprint density at radius 2 is 2.06 bits per heavy atom. The first-order chi connectivity index (χ1) is 8.25. The highest BCUT2D eigenvalue weighted by Gasteiger charge is 2.32. The minimum absolute atomic E-state index is 0.00995. The van der Waals surface area contributed by atoms with Crippen molar-refractivity contribution in [3.8, 4) is 0 Å². The Balaban J connectivity index is 2.96. The van der Waals surface area contributed by atoms with Crippen molar-refractivity contribution in [3.63, 3.8) is 0 Å². The predicted molar refractivity (Wildman–Crippen MR) is 59.9 cm³/mol. The molecular formula is C12H14F3NO2. The molecule has 18 heavy (non-hydrogen) atoms. The zero-order valence-corrected chi connectivity index (χ0v) is 10.0. The summed E-state index contributed by atoms with van der Waals surface area (Å²) in [7, 11) is 1.18. The number of rotatable bonds is 3. The number of hydrogen-bond acceptors (Lipinski definition) is 3. The number of alkyl halides is 3. The molecule has 1 atom stereocenters. The van der Waals surface area contributed by atoms with Crippen LogP contribution in [0.4, 0.5) is 13.2 Å². The first-order valence-corrected chi connectivity index (χ1v) is 5.26. The van der Waals surface area contributed by atoms with Crippen molar-refractivity contribution in [1.82, 2.24) is 0 Å². The Labute approximate surface area is 103 Å². The molecule has 1 aromatic carbocycles. The van der Waals surface area contributed by atoms with Crippen molar-refractivity contribution in [2.24, 2.45) is 5.73 Å². The van der Waals surface area contributed by atoms with E-state index in [1.54, 1.807) is 0 Å². The third kappa shape index (κ3) is 3.46. The lowest BCUT2D eigenvalue weighted by molar-refractivity contribution is -0.142. The smallest absolute Gasteiger partial charge is 0.416 e. The molecule has 1 rings (SSSR count). The minimum atomic E-state index is -4.41. The number of benzene rings is 1. The summed E-state index contributed by atoms with van der Waals surface area (Å²) >= 11 is 0. The summed E-state index contributed by atoms with van der Waals surface area (Å²) in [5, 5.41) is 0. The summed E-state index contributed by atoms with van der Waals surface area (Å²) in [6.45, 7) is 1.38. The van der Waals surface area contributed by atoms with E-state index >= 15 is 0 Å². The predicted octanol–water partition coefficient (Wildman–Crippen LogP) is 2.06. The molecule has 0 saturated carbocycles. The maximum atomic E-state index is 12.7. The number of ether oxygens (including phenoxy) is 1. The van der Waals surface area contributed by atoms with Crippen molar-refractivity contribution in [2.75, 3.05) is 7.11 Å². The van der Waals surface area contributed by atoms with Crippen LogP contribution in [0.3, 0.4) is 0 Å². The monoisotopic (exact) mass is 261 g/mol. The Morgan fingerprint density at radius 1 is 1.44 bits per heavy atom. The molecule has 0 aliphatic heterocycles. The standard InChI is InChI=1S/C12H14F3NO2/c1-7-3-4-8(5-9(7)12(13,14)15)6-10(16)11(17)18-2/h3-5,10H,6,16H2,1-2H3/t10-/m1/s1. The number of halogens is 3. The Morgan fingerprint density at radius 3 is 2.56 bits per heavy atom. The molecule has 0 aromatic heterocycles. The fourth-order valence-electron chi connectivity index (χ4n) is 1.59. The average Bonchev–Trinajstić information content (AvgIpc) is 2.29. The van der Waals surface area contributed by atoms with Gasteiger partial charge in [0.2, 0.25) is 0 Å². The van der Waals surface area contributed by atoms with Crippen LogP contribution in [0.1, 0.15) is 16.7 Å². The summed E-state index contributed by atoms with van der Waals surface area (Å²) in [5.41, 5.74) is 5.28. The van der Waals surface area contributed by atoms with Gasteiger partial charge in [0.15, 0.2) is 0 Å². The van der Waals surface area contributed by atoms with Crippen LogP contribution in [-0.4, -0.2) is 19.1 Å². The number of aryl methyl sites for hydroxylation is 1. The van der Waals surface area contributed by atoms with Gasteiger partial charge in [-0.25, -0.2) is 0 Å². The highest BCUT2D eigenvalue weighted by atomic mass is 19.4. The first kappa shape index (κ1) is 14.5. The van der Waals surface area contributed by atoms with Crippen LogP contribution in [0.5, 0.6) is 0 Å². The summed E-state index contributed by atoms with van der Waals surface area (Å²) < 4.78 is 42.4. The number of carbonyl (C=O) groups excluding carboxylic acids is 1. The lowest BCUT2D eigenvalue weighted by Gasteiger charge is -2.14. The molecule has 3 nitrogen and oxygen atoms in total. The number of hydrogen-bond donors (Lipinski definition) is 1. The van der Waals surface area contributed by atoms with E-state index in [1.807, 2.05) is 0 Å². The fourth-order valence-corrected chi connectivity index (χ4v) is 1.59. The second kappa shape index (κ2) is 5.39. The highest BCUT2D eigenvalue weighted by Crippen LogP contribution is 2.32. The molecule has 0 unspecified atom stereocenters. The van der Waals surface area contributed by atoms with Gasteiger partial charge in [0.1, 0.15) is 6.04 Å². The summed E-state index contributed by atoms with van der Waals surface area (Å²) in [5.74, 6) is -0.649. The zero-order valence-electron chi connectivity index (χ0n) is 10.0. The van der Waals surface area contributed by atoms with Gasteiger partial charge in [-0.3, -0.25) is 4.79 Å². The van der Waals surface area contributed by atoms with E-state index in [0.717, 1.165) is 6.07 Å². The number of carbonyl (C=O) groups is 1. The van der Waals surface area contributed by atoms with Crippen molar-refractivity contribution in [2.45, 2.75) is 25.6 Å². The SMILES string of the molecule is COC(=O)[C@H](N)Cc1ccc(C)c(C(F)(F)F)c1. The Bertz CT molecular complexity index is 443. The van der Waals surface area contributed by atoms with Gasteiger partial charge in [-0.15, -0.1) is 0 Å². The van der Waals surface area contributed by atoms with Crippen LogP contribution in [-0.2, 0) is 22.1 Å². The summed E-state index contributed by atoms with van der Waals surface area (Å²) in [6, 6.07) is 2.94. The minimum Gasteiger partial charge on any atom is -0.468 e. The van der Waals surface area contributed by atoms with E-state index in [2.05, 4.69) is 4.74 Å². The van der Waals surface area contributed by atoms with Gasteiger partial charge in [-0.2, -0.15) is 13.2 Å². The van der Waals surface area contributed by atoms with E-state index in [0.29, 0.717) is 5.56 Å². The lowest BCUT2D eigenvalue weighted by Crippen LogP contribution is -2.33. The van der Waals surface area contributed by atoms with Gasteiger partial charge in [-0.1, -0.05) is 12.1 Å². The molecule has 0 heterocycles. The second-order valence-electron chi connectivity index (χ2n) is 3.98. The fraction of sp³-hybridized carbons (Fsp3) is 0.417. The first-order valence-electron chi connectivity index (χ1n) is 5.26. The van der Waals surface area contributed by atoms with Gasteiger partial charge in [0, 0.05) is 0 Å². The number of nitrogens with two attached hydrogens (primary N) is 1. The van der Waals surface area contributed by atoms with Crippen LogP contribution in [0, 0.1) is 6.92 Å². The number of esters is 1. The maximum Gasteiger partial charge on any atom is 0.416 e. The summed E-state index contributed by atoms with van der Waals surface area (Å²) in [4.78, 5) is 11.1. The molecule has 1 aromatic rings. The van der Waals surface area contributed by atoms with Crippen molar-refractivity contribution >= 4 is 5.97 Å². The molecule has 0 bridgehead atoms. The van der Waals surface area contributed by atoms with Gasteiger partial charge >= 0.3 is 12.1 Å². The molecule has 0 aliphatic carbocycles. The average molecular weight is 261 g/mol. The van der Waals surface area contributed by atoms with Crippen molar-refractivity contribution < 1.29 is 22.7 Å². The van der Waals surface area contributed by atoms with E-state index in [-0.39, 0.29) is 12.0 Å². The molecular weight excluding hydrogens is 247 g/mol. The number of methoxy groups -OCH3 is 1. The Hall–Kier alpha value is -1.56. The normalized spacial score (nSPS) is 13.2. The molecule has 2 N–H and O–H groups in total. The molecule has 6 heteroatoms. The third-order valence-corrected chi connectivity index (χ3v) is 2.57. The third-order valence-electron chi connectivity index (χ3n) is 2.57. The quantitative estimate of drug-likeness (QED) is 0.847. The zero-order chi connectivity index (χ0) is 13.9. The van der Waals surface area contributed by atoms with Crippen LogP contribution >= 0.6 is 0 Å². The molecule has 0 fully saturated rings. The molecule has 0 amide bonds. The van der Waals surface area contributed by atoms with Crippen LogP contribution in [0.25, 0.3) is 0 Å². The van der Waals surface area contributed by atoms with Gasteiger partial charge in [-0.05, 0) is 30.5 Å². The van der Waals surface area contributed by atoms with Crippen molar-refractivity contribution in [3.05, 3.63) is 34.9 Å². The van der Waals surface area contributed by atoms with E-state index in [4.69, 9.17) is 5.73 Å². The molecule has 0 radical (unpaired) electrons. The largest absolute Gasteiger partial charge is 0.468 e. The van der Waals surface area contributed by atoms with E-state index < -0.39 is 23.8 Å². The summed E-state index contributed by atoms with van der Waals surface area (Å²) in [6.07, 6.45) is -4.40. The van der Waals surface area contributed by atoms with Crippen molar-refractivity contribution in [1.29, 1.82) is 0 Å². The van der Waals surface area contributed by atoms with Crippen LogP contribution in [0.15, 0.2) is 18.2 Å². The van der Waals surface area contributed by atoms with Crippen LogP contribution in [0.2, 0.25) is 0 Å². The lowest BCUT2D eigenvalue weighted by atomic mass is 10.00. The molecule has 0 saturated heterocycles. The van der Waals surface area contributed by atoms with E-state index in [1.165, 1.54) is 26.2 Å². The molecule has 0 spiro atoms. The van der Waals surface area contributed by atoms with Crippen LogP contribution < -0.4 is 5.73 Å². The van der Waals surface area contributed by atoms with E-state index in [9.17, 15) is 18.0 Å². The van der Waals surface area contributed by atoms with Gasteiger partial charge in [0.05, 0.1) is 12.7 Å². The van der Waals surface area contributed by atoms with Gasteiger partial charge in [0.25, 0.3) is 0 Å². The Kier molecular flexibility index (Phi) is 4.34. The maximum absolute atomic E-state index is 12.7. The van der Waals surface area contributed by atoms with Gasteiger partial charge < -0.3 is 10.5 Å². The molecule has 100 valence electrons. The molecule has 0 aliphatic rings. The topological polar surface area (TPSA) is 52.3 Å². The second-order valence-corrected chi connectivity index (χ2v) is 3.98. The highest BCUT2D eigenvalue weighted by molar-refractivity contribution is 5.75.